The first-order chi connectivity index (χ1) is 8.97. The van der Waals surface area contributed by atoms with Crippen LogP contribution >= 0.6 is 0 Å². The fourth-order valence-electron chi connectivity index (χ4n) is 1.74. The summed E-state index contributed by atoms with van der Waals surface area (Å²) in [5.74, 6) is -2.17. The smallest absolute Gasteiger partial charge is 0.179 e. The topological polar surface area (TPSA) is 29.5 Å². The molecule has 5 heteroatoms. The second kappa shape index (κ2) is 7.31. The van der Waals surface area contributed by atoms with Crippen LogP contribution in [0.4, 0.5) is 8.78 Å². The van der Waals surface area contributed by atoms with Gasteiger partial charge in [-0.3, -0.25) is 9.69 Å². The number of benzene rings is 1. The van der Waals surface area contributed by atoms with Crippen molar-refractivity contribution in [3.63, 3.8) is 0 Å². The van der Waals surface area contributed by atoms with Crippen LogP contribution in [0.2, 0.25) is 0 Å². The molecular weight excluding hydrogens is 252 g/mol. The molecule has 0 bridgehead atoms. The normalized spacial score (nSPS) is 12.7. The Kier molecular flexibility index (Phi) is 6.05. The van der Waals surface area contributed by atoms with Gasteiger partial charge < -0.3 is 4.74 Å². The average molecular weight is 271 g/mol. The largest absolute Gasteiger partial charge is 0.385 e. The Bertz CT molecular complexity index is 437. The Morgan fingerprint density at radius 1 is 1.37 bits per heavy atom. The van der Waals surface area contributed by atoms with Gasteiger partial charge in [-0.2, -0.15) is 0 Å². The van der Waals surface area contributed by atoms with Crippen molar-refractivity contribution in [2.24, 2.45) is 0 Å². The standard InChI is InChI=1S/C14H19F2NO2/c1-10(17(2)7-4-8-19-3)14(18)11-5-6-12(15)13(16)9-11/h5-6,9-10H,4,7-8H2,1-3H3. The predicted molar refractivity (Wildman–Crippen MR) is 69.3 cm³/mol. The molecule has 1 atom stereocenters. The third-order valence-electron chi connectivity index (χ3n) is 3.10. The maximum Gasteiger partial charge on any atom is 0.179 e. The van der Waals surface area contributed by atoms with Crippen molar-refractivity contribution in [2.75, 3.05) is 27.3 Å². The SMILES string of the molecule is COCCCN(C)C(C)C(=O)c1ccc(F)c(F)c1. The first-order valence-electron chi connectivity index (χ1n) is 6.15. The molecule has 0 N–H and O–H groups in total. The lowest BCUT2D eigenvalue weighted by molar-refractivity contribution is 0.0855. The highest BCUT2D eigenvalue weighted by Gasteiger charge is 2.20. The Hall–Kier alpha value is -1.33. The van der Waals surface area contributed by atoms with Gasteiger partial charge in [0.05, 0.1) is 6.04 Å². The van der Waals surface area contributed by atoms with E-state index in [1.54, 1.807) is 14.0 Å². The zero-order valence-corrected chi connectivity index (χ0v) is 11.5. The lowest BCUT2D eigenvalue weighted by Crippen LogP contribution is -2.37. The quantitative estimate of drug-likeness (QED) is 0.563. The molecule has 0 aromatic heterocycles. The van der Waals surface area contributed by atoms with Crippen molar-refractivity contribution < 1.29 is 18.3 Å². The summed E-state index contributed by atoms with van der Waals surface area (Å²) >= 11 is 0. The monoisotopic (exact) mass is 271 g/mol. The number of methoxy groups -OCH3 is 1. The number of carbonyl (C=O) groups excluding carboxylic acids is 1. The summed E-state index contributed by atoms with van der Waals surface area (Å²) in [6.45, 7) is 3.07. The first kappa shape index (κ1) is 15.7. The molecule has 0 aliphatic carbocycles. The molecule has 1 unspecified atom stereocenters. The number of halogens is 2. The van der Waals surface area contributed by atoms with Gasteiger partial charge in [0.2, 0.25) is 0 Å². The van der Waals surface area contributed by atoms with E-state index in [0.29, 0.717) is 13.2 Å². The minimum absolute atomic E-state index is 0.185. The summed E-state index contributed by atoms with van der Waals surface area (Å²) in [5, 5.41) is 0. The van der Waals surface area contributed by atoms with Gasteiger partial charge in [-0.15, -0.1) is 0 Å². The number of hydrogen-bond acceptors (Lipinski definition) is 3. The van der Waals surface area contributed by atoms with Crippen molar-refractivity contribution in [2.45, 2.75) is 19.4 Å². The molecule has 0 radical (unpaired) electrons. The minimum atomic E-state index is -1.000. The predicted octanol–water partition coefficient (Wildman–Crippen LogP) is 2.50. The number of ether oxygens (including phenoxy) is 1. The zero-order chi connectivity index (χ0) is 14.4. The minimum Gasteiger partial charge on any atom is -0.385 e. The van der Waals surface area contributed by atoms with Crippen molar-refractivity contribution in [1.29, 1.82) is 0 Å². The number of carbonyl (C=O) groups is 1. The van der Waals surface area contributed by atoms with Crippen LogP contribution in [0.25, 0.3) is 0 Å². The fraction of sp³-hybridized carbons (Fsp3) is 0.500. The molecule has 3 nitrogen and oxygen atoms in total. The lowest BCUT2D eigenvalue weighted by atomic mass is 10.0. The van der Waals surface area contributed by atoms with Crippen LogP contribution in [-0.4, -0.2) is 44.0 Å². The molecule has 0 aliphatic heterocycles. The van der Waals surface area contributed by atoms with Gasteiger partial charge in [-0.1, -0.05) is 0 Å². The average Bonchev–Trinajstić information content (AvgIpc) is 2.40. The second-order valence-corrected chi connectivity index (χ2v) is 4.50. The highest BCUT2D eigenvalue weighted by molar-refractivity contribution is 5.99. The van der Waals surface area contributed by atoms with Crippen molar-refractivity contribution in [1.82, 2.24) is 4.90 Å². The number of likely N-dealkylation sites (N-methyl/N-ethyl adjacent to an activating group) is 1. The summed E-state index contributed by atoms with van der Waals surface area (Å²) in [5.41, 5.74) is 0.185. The van der Waals surface area contributed by atoms with E-state index in [1.165, 1.54) is 6.07 Å². The summed E-state index contributed by atoms with van der Waals surface area (Å²) in [6, 6.07) is 2.83. The van der Waals surface area contributed by atoms with Gasteiger partial charge in [0, 0.05) is 25.8 Å². The Labute approximate surface area is 112 Å². The van der Waals surface area contributed by atoms with Crippen molar-refractivity contribution >= 4 is 5.78 Å². The van der Waals surface area contributed by atoms with Crippen LogP contribution in [0.3, 0.4) is 0 Å². The van der Waals surface area contributed by atoms with Gasteiger partial charge in [0.25, 0.3) is 0 Å². The van der Waals surface area contributed by atoms with Crippen LogP contribution < -0.4 is 0 Å². The van der Waals surface area contributed by atoms with Gasteiger partial charge in [-0.25, -0.2) is 8.78 Å². The molecule has 0 spiro atoms. The van der Waals surface area contributed by atoms with Crippen LogP contribution in [0.15, 0.2) is 18.2 Å². The number of ketones is 1. The van der Waals surface area contributed by atoms with E-state index in [-0.39, 0.29) is 17.4 Å². The summed E-state index contributed by atoms with van der Waals surface area (Å²) in [4.78, 5) is 14.0. The summed E-state index contributed by atoms with van der Waals surface area (Å²) in [6.07, 6.45) is 0.808. The molecule has 1 aromatic rings. The van der Waals surface area contributed by atoms with Gasteiger partial charge >= 0.3 is 0 Å². The maximum atomic E-state index is 13.1. The van der Waals surface area contributed by atoms with Crippen LogP contribution in [0, 0.1) is 11.6 Å². The van der Waals surface area contributed by atoms with Crippen LogP contribution in [-0.2, 0) is 4.74 Å². The Morgan fingerprint density at radius 3 is 2.63 bits per heavy atom. The molecule has 0 aliphatic rings. The van der Waals surface area contributed by atoms with E-state index in [4.69, 9.17) is 4.74 Å². The third-order valence-corrected chi connectivity index (χ3v) is 3.10. The Morgan fingerprint density at radius 2 is 2.05 bits per heavy atom. The number of hydrogen-bond donors (Lipinski definition) is 0. The highest BCUT2D eigenvalue weighted by atomic mass is 19.2. The molecule has 19 heavy (non-hydrogen) atoms. The molecule has 0 saturated carbocycles. The summed E-state index contributed by atoms with van der Waals surface area (Å²) in [7, 11) is 3.44. The Balaban J connectivity index is 2.67. The highest BCUT2D eigenvalue weighted by Crippen LogP contribution is 2.12. The maximum absolute atomic E-state index is 13.1. The van der Waals surface area contributed by atoms with E-state index in [2.05, 4.69) is 0 Å². The molecule has 0 saturated heterocycles. The van der Waals surface area contributed by atoms with Gasteiger partial charge in [0.15, 0.2) is 17.4 Å². The molecule has 106 valence electrons. The van der Waals surface area contributed by atoms with E-state index >= 15 is 0 Å². The molecular formula is C14H19F2NO2. The van der Waals surface area contributed by atoms with E-state index < -0.39 is 11.6 Å². The van der Waals surface area contributed by atoms with Gasteiger partial charge in [0.1, 0.15) is 0 Å². The number of rotatable bonds is 7. The summed E-state index contributed by atoms with van der Waals surface area (Å²) < 4.78 is 30.9. The molecule has 0 fully saturated rings. The number of nitrogens with zero attached hydrogens (tertiary/aromatic N) is 1. The first-order valence-corrected chi connectivity index (χ1v) is 6.15. The van der Waals surface area contributed by atoms with E-state index in [0.717, 1.165) is 18.6 Å². The zero-order valence-electron chi connectivity index (χ0n) is 11.5. The van der Waals surface area contributed by atoms with E-state index in [9.17, 15) is 13.6 Å². The third kappa shape index (κ3) is 4.36. The fourth-order valence-corrected chi connectivity index (χ4v) is 1.74. The van der Waals surface area contributed by atoms with Crippen molar-refractivity contribution in [3.05, 3.63) is 35.4 Å². The van der Waals surface area contributed by atoms with Crippen molar-refractivity contribution in [3.8, 4) is 0 Å². The second-order valence-electron chi connectivity index (χ2n) is 4.50. The van der Waals surface area contributed by atoms with Gasteiger partial charge in [-0.05, 0) is 38.6 Å². The van der Waals surface area contributed by atoms with E-state index in [1.807, 2.05) is 11.9 Å². The number of Topliss-reactive ketones (excluding diaryl/α,β-unsaturated/α-hetero) is 1. The van der Waals surface area contributed by atoms with Crippen LogP contribution in [0.1, 0.15) is 23.7 Å². The molecule has 1 rings (SSSR count). The molecule has 1 aromatic carbocycles. The van der Waals surface area contributed by atoms with Crippen LogP contribution in [0.5, 0.6) is 0 Å². The lowest BCUT2D eigenvalue weighted by Gasteiger charge is -2.23. The molecule has 0 heterocycles. The molecule has 0 amide bonds.